The van der Waals surface area contributed by atoms with Crippen LogP contribution in [-0.4, -0.2) is 30.6 Å². The SMILES string of the molecule is CC(C)N1CCC(CNCc2ccc(F)cc2Cl)C1. The molecular formula is C15H22ClFN2. The molecular weight excluding hydrogens is 263 g/mol. The zero-order valence-corrected chi connectivity index (χ0v) is 12.4. The monoisotopic (exact) mass is 284 g/mol. The molecule has 4 heteroatoms. The summed E-state index contributed by atoms with van der Waals surface area (Å²) >= 11 is 6.00. The maximum absolute atomic E-state index is 12.9. The second-order valence-corrected chi connectivity index (χ2v) is 6.02. The Kier molecular flexibility index (Phi) is 5.20. The molecule has 1 heterocycles. The molecule has 1 atom stereocenters. The number of nitrogens with one attached hydrogen (secondary N) is 1. The van der Waals surface area contributed by atoms with Gasteiger partial charge in [-0.15, -0.1) is 0 Å². The summed E-state index contributed by atoms with van der Waals surface area (Å²) in [5, 5.41) is 3.93. The van der Waals surface area contributed by atoms with E-state index in [-0.39, 0.29) is 5.82 Å². The van der Waals surface area contributed by atoms with E-state index < -0.39 is 0 Å². The summed E-state index contributed by atoms with van der Waals surface area (Å²) in [7, 11) is 0. The van der Waals surface area contributed by atoms with Crippen LogP contribution in [0, 0.1) is 11.7 Å². The number of hydrogen-bond acceptors (Lipinski definition) is 2. The summed E-state index contributed by atoms with van der Waals surface area (Å²) in [6, 6.07) is 5.21. The Hall–Kier alpha value is -0.640. The number of likely N-dealkylation sites (tertiary alicyclic amines) is 1. The van der Waals surface area contributed by atoms with E-state index in [1.54, 1.807) is 6.07 Å². The molecule has 0 amide bonds. The van der Waals surface area contributed by atoms with Crippen LogP contribution >= 0.6 is 11.6 Å². The molecule has 1 aromatic carbocycles. The molecule has 19 heavy (non-hydrogen) atoms. The molecule has 1 unspecified atom stereocenters. The van der Waals surface area contributed by atoms with Crippen molar-refractivity contribution in [2.24, 2.45) is 5.92 Å². The lowest BCUT2D eigenvalue weighted by molar-refractivity contribution is 0.264. The molecule has 0 aliphatic carbocycles. The Balaban J connectivity index is 1.75. The summed E-state index contributed by atoms with van der Waals surface area (Å²) in [5.74, 6) is 0.429. The molecule has 0 bridgehead atoms. The highest BCUT2D eigenvalue weighted by molar-refractivity contribution is 6.31. The fourth-order valence-corrected chi connectivity index (χ4v) is 2.81. The standard InChI is InChI=1S/C15H22ClFN2/c1-11(2)19-6-5-12(10-19)8-18-9-13-3-4-14(17)7-15(13)16/h3-4,7,11-12,18H,5-6,8-10H2,1-2H3. The van der Waals surface area contributed by atoms with E-state index in [2.05, 4.69) is 24.1 Å². The first-order chi connectivity index (χ1) is 9.06. The number of benzene rings is 1. The maximum Gasteiger partial charge on any atom is 0.124 e. The van der Waals surface area contributed by atoms with Crippen molar-refractivity contribution < 1.29 is 4.39 Å². The van der Waals surface area contributed by atoms with Gasteiger partial charge in [-0.2, -0.15) is 0 Å². The van der Waals surface area contributed by atoms with Crippen LogP contribution in [-0.2, 0) is 6.54 Å². The van der Waals surface area contributed by atoms with E-state index in [1.807, 2.05) is 0 Å². The second kappa shape index (κ2) is 6.69. The van der Waals surface area contributed by atoms with Crippen LogP contribution in [0.15, 0.2) is 18.2 Å². The molecule has 0 aromatic heterocycles. The molecule has 2 rings (SSSR count). The minimum absolute atomic E-state index is 0.280. The van der Waals surface area contributed by atoms with E-state index in [9.17, 15) is 4.39 Å². The Bertz CT molecular complexity index is 423. The smallest absolute Gasteiger partial charge is 0.124 e. The highest BCUT2D eigenvalue weighted by Crippen LogP contribution is 2.19. The molecule has 106 valence electrons. The van der Waals surface area contributed by atoms with Gasteiger partial charge in [0.2, 0.25) is 0 Å². The van der Waals surface area contributed by atoms with Crippen molar-refractivity contribution >= 4 is 11.6 Å². The molecule has 0 spiro atoms. The highest BCUT2D eigenvalue weighted by Gasteiger charge is 2.23. The van der Waals surface area contributed by atoms with Crippen LogP contribution in [0.5, 0.6) is 0 Å². The predicted molar refractivity (Wildman–Crippen MR) is 77.9 cm³/mol. The highest BCUT2D eigenvalue weighted by atomic mass is 35.5. The summed E-state index contributed by atoms with van der Waals surface area (Å²) < 4.78 is 12.9. The van der Waals surface area contributed by atoms with Crippen LogP contribution in [0.2, 0.25) is 5.02 Å². The third-order valence-electron chi connectivity index (χ3n) is 3.81. The van der Waals surface area contributed by atoms with Gasteiger partial charge in [0.1, 0.15) is 5.82 Å². The number of nitrogens with zero attached hydrogens (tertiary/aromatic N) is 1. The van der Waals surface area contributed by atoms with Crippen molar-refractivity contribution in [1.29, 1.82) is 0 Å². The largest absolute Gasteiger partial charge is 0.312 e. The van der Waals surface area contributed by atoms with Gasteiger partial charge < -0.3 is 10.2 Å². The Morgan fingerprint density at radius 1 is 1.47 bits per heavy atom. The molecule has 1 fully saturated rings. The molecule has 1 aliphatic rings. The molecule has 0 radical (unpaired) electrons. The lowest BCUT2D eigenvalue weighted by Crippen LogP contribution is -2.30. The van der Waals surface area contributed by atoms with Gasteiger partial charge in [-0.05, 0) is 57.0 Å². The average molecular weight is 285 g/mol. The third kappa shape index (κ3) is 4.16. The van der Waals surface area contributed by atoms with Crippen LogP contribution in [0.25, 0.3) is 0 Å². The Labute approximate surface area is 119 Å². The zero-order valence-electron chi connectivity index (χ0n) is 11.6. The molecule has 1 saturated heterocycles. The van der Waals surface area contributed by atoms with Gasteiger partial charge in [-0.3, -0.25) is 0 Å². The minimum Gasteiger partial charge on any atom is -0.312 e. The number of halogens is 2. The lowest BCUT2D eigenvalue weighted by atomic mass is 10.1. The van der Waals surface area contributed by atoms with Crippen molar-refractivity contribution in [3.63, 3.8) is 0 Å². The second-order valence-electron chi connectivity index (χ2n) is 5.61. The number of rotatable bonds is 5. The first-order valence-corrected chi connectivity index (χ1v) is 7.32. The van der Waals surface area contributed by atoms with Crippen LogP contribution in [0.3, 0.4) is 0 Å². The van der Waals surface area contributed by atoms with E-state index in [0.717, 1.165) is 12.1 Å². The summed E-state index contributed by atoms with van der Waals surface area (Å²) in [6.45, 7) is 8.56. The normalized spacial score (nSPS) is 20.4. The fraction of sp³-hybridized carbons (Fsp3) is 0.600. The van der Waals surface area contributed by atoms with Gasteiger partial charge in [0.05, 0.1) is 0 Å². The van der Waals surface area contributed by atoms with Crippen LogP contribution < -0.4 is 5.32 Å². The molecule has 0 saturated carbocycles. The molecule has 1 aliphatic heterocycles. The Morgan fingerprint density at radius 2 is 2.26 bits per heavy atom. The van der Waals surface area contributed by atoms with E-state index in [1.165, 1.54) is 31.6 Å². The summed E-state index contributed by atoms with van der Waals surface area (Å²) in [5.41, 5.74) is 0.960. The van der Waals surface area contributed by atoms with Crippen LogP contribution in [0.1, 0.15) is 25.8 Å². The van der Waals surface area contributed by atoms with Gasteiger partial charge in [-0.1, -0.05) is 17.7 Å². The van der Waals surface area contributed by atoms with Crippen molar-refractivity contribution in [3.8, 4) is 0 Å². The predicted octanol–water partition coefficient (Wildman–Crippen LogP) is 3.30. The van der Waals surface area contributed by atoms with Gasteiger partial charge in [-0.25, -0.2) is 4.39 Å². The first kappa shape index (κ1) is 14.8. The van der Waals surface area contributed by atoms with Crippen molar-refractivity contribution in [2.75, 3.05) is 19.6 Å². The fourth-order valence-electron chi connectivity index (χ4n) is 2.57. The van der Waals surface area contributed by atoms with Gasteiger partial charge >= 0.3 is 0 Å². The number of hydrogen-bond donors (Lipinski definition) is 1. The molecule has 2 nitrogen and oxygen atoms in total. The molecule has 1 N–H and O–H groups in total. The minimum atomic E-state index is -0.280. The average Bonchev–Trinajstić information content (AvgIpc) is 2.81. The van der Waals surface area contributed by atoms with E-state index in [0.29, 0.717) is 23.5 Å². The van der Waals surface area contributed by atoms with E-state index >= 15 is 0 Å². The molecule has 1 aromatic rings. The van der Waals surface area contributed by atoms with E-state index in [4.69, 9.17) is 11.6 Å². The van der Waals surface area contributed by atoms with Gasteiger partial charge in [0, 0.05) is 24.2 Å². The van der Waals surface area contributed by atoms with Gasteiger partial charge in [0.25, 0.3) is 0 Å². The summed E-state index contributed by atoms with van der Waals surface area (Å²) in [4.78, 5) is 2.51. The maximum atomic E-state index is 12.9. The zero-order chi connectivity index (χ0) is 13.8. The van der Waals surface area contributed by atoms with Crippen molar-refractivity contribution in [1.82, 2.24) is 10.2 Å². The Morgan fingerprint density at radius 3 is 2.89 bits per heavy atom. The lowest BCUT2D eigenvalue weighted by Gasteiger charge is -2.20. The summed E-state index contributed by atoms with van der Waals surface area (Å²) in [6.07, 6.45) is 1.25. The van der Waals surface area contributed by atoms with Gasteiger partial charge in [0.15, 0.2) is 0 Å². The topological polar surface area (TPSA) is 15.3 Å². The van der Waals surface area contributed by atoms with Crippen molar-refractivity contribution in [3.05, 3.63) is 34.6 Å². The van der Waals surface area contributed by atoms with Crippen LogP contribution in [0.4, 0.5) is 4.39 Å². The third-order valence-corrected chi connectivity index (χ3v) is 4.16. The van der Waals surface area contributed by atoms with Crippen molar-refractivity contribution in [2.45, 2.75) is 32.9 Å². The first-order valence-electron chi connectivity index (χ1n) is 6.95. The quantitative estimate of drug-likeness (QED) is 0.892.